The highest BCUT2D eigenvalue weighted by molar-refractivity contribution is 5.83. The van der Waals surface area contributed by atoms with Crippen molar-refractivity contribution in [3.05, 3.63) is 35.4 Å². The lowest BCUT2D eigenvalue weighted by atomic mass is 10.1. The smallest absolute Gasteiger partial charge is 0.226 e. The van der Waals surface area contributed by atoms with E-state index >= 15 is 0 Å². The molecule has 4 nitrogen and oxygen atoms in total. The zero-order valence-electron chi connectivity index (χ0n) is 15.5. The highest BCUT2D eigenvalue weighted by Crippen LogP contribution is 2.48. The number of piperazine rings is 1. The fourth-order valence-corrected chi connectivity index (χ4v) is 4.45. The number of carbonyl (C=O) groups excluding carboxylic acids is 1. The summed E-state index contributed by atoms with van der Waals surface area (Å²) in [5.41, 5.74) is 2.64. The highest BCUT2D eigenvalue weighted by Gasteiger charge is 2.46. The molecule has 0 unspecified atom stereocenters. The Kier molecular flexibility index (Phi) is 5.09. The van der Waals surface area contributed by atoms with Crippen molar-refractivity contribution in [3.63, 3.8) is 0 Å². The summed E-state index contributed by atoms with van der Waals surface area (Å²) >= 11 is 0. The lowest BCUT2D eigenvalue weighted by molar-refractivity contribution is -0.134. The molecule has 3 fully saturated rings. The molecule has 1 aliphatic carbocycles. The summed E-state index contributed by atoms with van der Waals surface area (Å²) in [5.74, 6) is 1.09. The van der Waals surface area contributed by atoms with Gasteiger partial charge in [0.25, 0.3) is 0 Å². The Hall–Kier alpha value is -1.39. The molecule has 0 spiro atoms. The minimum atomic E-state index is 0.234. The van der Waals surface area contributed by atoms with Crippen LogP contribution in [0.1, 0.15) is 36.3 Å². The maximum Gasteiger partial charge on any atom is 0.226 e. The van der Waals surface area contributed by atoms with E-state index in [0.29, 0.717) is 11.8 Å². The first kappa shape index (κ1) is 17.0. The molecule has 0 bridgehead atoms. The first-order valence-corrected chi connectivity index (χ1v) is 10.0. The second-order valence-electron chi connectivity index (χ2n) is 8.08. The van der Waals surface area contributed by atoms with Crippen molar-refractivity contribution in [3.8, 4) is 0 Å². The van der Waals surface area contributed by atoms with Crippen LogP contribution in [0.5, 0.6) is 0 Å². The van der Waals surface area contributed by atoms with Crippen molar-refractivity contribution < 1.29 is 4.79 Å². The van der Waals surface area contributed by atoms with E-state index in [-0.39, 0.29) is 5.92 Å². The maximum atomic E-state index is 12.8. The maximum absolute atomic E-state index is 12.8. The van der Waals surface area contributed by atoms with Crippen LogP contribution in [0.3, 0.4) is 0 Å². The number of hydrogen-bond donors (Lipinski definition) is 0. The molecule has 0 radical (unpaired) electrons. The van der Waals surface area contributed by atoms with Gasteiger partial charge < -0.3 is 9.80 Å². The Labute approximate surface area is 151 Å². The summed E-state index contributed by atoms with van der Waals surface area (Å²) in [7, 11) is 0. The number of benzene rings is 1. The van der Waals surface area contributed by atoms with Crippen LogP contribution in [-0.4, -0.2) is 73.0 Å². The van der Waals surface area contributed by atoms with Crippen molar-refractivity contribution in [2.45, 2.75) is 32.1 Å². The topological polar surface area (TPSA) is 26.8 Å². The third-order valence-electron chi connectivity index (χ3n) is 6.19. The number of likely N-dealkylation sites (tertiary alicyclic amines) is 1. The Bertz CT molecular complexity index is 603. The van der Waals surface area contributed by atoms with Crippen molar-refractivity contribution in [1.29, 1.82) is 0 Å². The average molecular weight is 341 g/mol. The standard InChI is InChI=1S/C21H31N3O/c1-17-5-4-6-18(15-17)19-16-20(19)21(25)24-13-11-23(12-14-24)10-9-22-7-2-3-8-22/h4-6,15,19-20H,2-3,7-14,16H2,1H3/t19-,20+/m0/s1. The van der Waals surface area contributed by atoms with E-state index in [0.717, 1.165) is 39.1 Å². The van der Waals surface area contributed by atoms with E-state index in [4.69, 9.17) is 0 Å². The molecule has 4 heteroatoms. The molecule has 25 heavy (non-hydrogen) atoms. The number of hydrogen-bond acceptors (Lipinski definition) is 3. The van der Waals surface area contributed by atoms with Gasteiger partial charge in [-0.1, -0.05) is 29.8 Å². The van der Waals surface area contributed by atoms with Gasteiger partial charge in [0.15, 0.2) is 0 Å². The summed E-state index contributed by atoms with van der Waals surface area (Å²) in [6, 6.07) is 8.67. The fourth-order valence-electron chi connectivity index (χ4n) is 4.45. The van der Waals surface area contributed by atoms with Crippen LogP contribution >= 0.6 is 0 Å². The van der Waals surface area contributed by atoms with E-state index in [1.54, 1.807) is 0 Å². The minimum absolute atomic E-state index is 0.234. The van der Waals surface area contributed by atoms with Gasteiger partial charge in [-0.15, -0.1) is 0 Å². The quantitative estimate of drug-likeness (QED) is 0.822. The Morgan fingerprint density at radius 3 is 2.36 bits per heavy atom. The van der Waals surface area contributed by atoms with Crippen LogP contribution in [0.2, 0.25) is 0 Å². The Balaban J connectivity index is 1.22. The average Bonchev–Trinajstić information content (AvgIpc) is 3.27. The monoisotopic (exact) mass is 341 g/mol. The number of aryl methyl sites for hydroxylation is 1. The lowest BCUT2D eigenvalue weighted by Crippen LogP contribution is -2.50. The van der Waals surface area contributed by atoms with Gasteiger partial charge in [0.1, 0.15) is 0 Å². The largest absolute Gasteiger partial charge is 0.340 e. The van der Waals surface area contributed by atoms with Gasteiger partial charge in [-0.2, -0.15) is 0 Å². The molecular formula is C21H31N3O. The van der Waals surface area contributed by atoms with Crippen molar-refractivity contribution in [2.24, 2.45) is 5.92 Å². The van der Waals surface area contributed by atoms with E-state index in [9.17, 15) is 4.79 Å². The number of nitrogens with zero attached hydrogens (tertiary/aromatic N) is 3. The number of carbonyl (C=O) groups is 1. The fraction of sp³-hybridized carbons (Fsp3) is 0.667. The number of amides is 1. The molecule has 1 aromatic rings. The molecule has 1 aromatic carbocycles. The van der Waals surface area contributed by atoms with Crippen LogP contribution in [-0.2, 0) is 4.79 Å². The van der Waals surface area contributed by atoms with Gasteiger partial charge in [-0.3, -0.25) is 9.69 Å². The third kappa shape index (κ3) is 4.06. The molecule has 4 rings (SSSR count). The minimum Gasteiger partial charge on any atom is -0.340 e. The third-order valence-corrected chi connectivity index (χ3v) is 6.19. The Morgan fingerprint density at radius 2 is 1.68 bits per heavy atom. The first-order chi connectivity index (χ1) is 12.2. The van der Waals surface area contributed by atoms with Gasteiger partial charge >= 0.3 is 0 Å². The molecule has 3 aliphatic rings. The van der Waals surface area contributed by atoms with Crippen molar-refractivity contribution >= 4 is 5.91 Å². The summed E-state index contributed by atoms with van der Waals surface area (Å²) in [6.45, 7) is 11.0. The molecule has 2 aliphatic heterocycles. The molecule has 1 amide bonds. The lowest BCUT2D eigenvalue weighted by Gasteiger charge is -2.35. The molecule has 0 aromatic heterocycles. The van der Waals surface area contributed by atoms with Crippen LogP contribution in [0, 0.1) is 12.8 Å². The summed E-state index contributed by atoms with van der Waals surface area (Å²) in [4.78, 5) is 20.0. The molecule has 0 N–H and O–H groups in total. The first-order valence-electron chi connectivity index (χ1n) is 10.0. The van der Waals surface area contributed by atoms with Gasteiger partial charge in [-0.25, -0.2) is 0 Å². The molecule has 2 heterocycles. The molecular weight excluding hydrogens is 310 g/mol. The summed E-state index contributed by atoms with van der Waals surface area (Å²) < 4.78 is 0. The van der Waals surface area contributed by atoms with Crippen LogP contribution in [0.15, 0.2) is 24.3 Å². The normalized spacial score (nSPS) is 27.6. The molecule has 1 saturated carbocycles. The highest BCUT2D eigenvalue weighted by atomic mass is 16.2. The second-order valence-corrected chi connectivity index (χ2v) is 8.08. The Morgan fingerprint density at radius 1 is 1.00 bits per heavy atom. The van der Waals surface area contributed by atoms with Crippen LogP contribution < -0.4 is 0 Å². The van der Waals surface area contributed by atoms with E-state index in [2.05, 4.69) is 45.9 Å². The zero-order chi connectivity index (χ0) is 17.2. The molecule has 2 saturated heterocycles. The van der Waals surface area contributed by atoms with E-state index in [1.165, 1.54) is 43.6 Å². The van der Waals surface area contributed by atoms with Crippen molar-refractivity contribution in [2.75, 3.05) is 52.4 Å². The van der Waals surface area contributed by atoms with Gasteiger partial charge in [0.05, 0.1) is 0 Å². The molecule has 2 atom stereocenters. The second kappa shape index (κ2) is 7.46. The summed E-state index contributed by atoms with van der Waals surface area (Å²) in [5, 5.41) is 0. The van der Waals surface area contributed by atoms with Crippen molar-refractivity contribution in [1.82, 2.24) is 14.7 Å². The van der Waals surface area contributed by atoms with E-state index in [1.807, 2.05) is 0 Å². The predicted octanol–water partition coefficient (Wildman–Crippen LogP) is 2.34. The molecule has 136 valence electrons. The van der Waals surface area contributed by atoms with Crippen LogP contribution in [0.25, 0.3) is 0 Å². The number of rotatable bonds is 5. The van der Waals surface area contributed by atoms with E-state index < -0.39 is 0 Å². The van der Waals surface area contributed by atoms with Gasteiger partial charge in [0.2, 0.25) is 5.91 Å². The summed E-state index contributed by atoms with van der Waals surface area (Å²) in [6.07, 6.45) is 3.77. The zero-order valence-corrected chi connectivity index (χ0v) is 15.5. The van der Waals surface area contributed by atoms with Crippen LogP contribution in [0.4, 0.5) is 0 Å². The SMILES string of the molecule is Cc1cccc([C@@H]2C[C@H]2C(=O)N2CCN(CCN3CCCC3)CC2)c1. The van der Waals surface area contributed by atoms with Gasteiger partial charge in [0, 0.05) is 45.2 Å². The predicted molar refractivity (Wildman–Crippen MR) is 101 cm³/mol. The van der Waals surface area contributed by atoms with Gasteiger partial charge in [-0.05, 0) is 50.8 Å².